The molecule has 2 fully saturated rings. The van der Waals surface area contributed by atoms with Gasteiger partial charge in [-0.05, 0) is 74.6 Å². The number of likely N-dealkylation sites (N-methyl/N-ethyl adjacent to an activating group) is 1. The van der Waals surface area contributed by atoms with Crippen LogP contribution in [0.3, 0.4) is 0 Å². The van der Waals surface area contributed by atoms with Crippen LogP contribution in [0, 0.1) is 5.92 Å². The predicted octanol–water partition coefficient (Wildman–Crippen LogP) is 5.57. The molecule has 2 saturated carbocycles. The molecule has 11 heteroatoms. The molecule has 1 aromatic carbocycles. The summed E-state index contributed by atoms with van der Waals surface area (Å²) in [6.45, 7) is 0.530. The molecule has 2 aliphatic carbocycles. The molecular weight excluding hydrogens is 556 g/mol. The zero-order valence-corrected chi connectivity index (χ0v) is 24.6. The molecule has 0 aliphatic heterocycles. The van der Waals surface area contributed by atoms with Gasteiger partial charge in [-0.1, -0.05) is 24.4 Å². The molecular formula is C29H39ClN2O7S. The normalized spacial score (nSPS) is 21.2. The van der Waals surface area contributed by atoms with Gasteiger partial charge < -0.3 is 29.7 Å². The van der Waals surface area contributed by atoms with E-state index in [0.717, 1.165) is 56.9 Å². The number of carbonyl (C=O) groups excluding carboxylic acids is 1. The first-order valence-electron chi connectivity index (χ1n) is 13.8. The first-order valence-corrected chi connectivity index (χ1v) is 15.1. The summed E-state index contributed by atoms with van der Waals surface area (Å²) in [5.74, 6) is -0.735. The Labute approximate surface area is 244 Å². The van der Waals surface area contributed by atoms with Gasteiger partial charge >= 0.3 is 12.1 Å². The van der Waals surface area contributed by atoms with Crippen molar-refractivity contribution in [3.05, 3.63) is 44.6 Å². The molecule has 1 amide bonds. The minimum absolute atomic E-state index is 0.202. The minimum atomic E-state index is -1.80. The van der Waals surface area contributed by atoms with E-state index in [9.17, 15) is 24.9 Å². The van der Waals surface area contributed by atoms with Crippen LogP contribution >= 0.6 is 22.9 Å². The zero-order chi connectivity index (χ0) is 28.9. The van der Waals surface area contributed by atoms with Crippen molar-refractivity contribution in [3.8, 4) is 5.75 Å². The third-order valence-corrected chi connectivity index (χ3v) is 9.90. The van der Waals surface area contributed by atoms with Crippen LogP contribution in [0.25, 0.3) is 0 Å². The number of benzene rings is 1. The SMILES string of the molecule is COc1cc(NC(=O)OCCN(C)[C@H]2CC[C@H](c3ccsc3[C@@](O)(C(=O)O)C3CCCC3)CC2)c(Cl)cc1CO. The molecule has 0 unspecified atom stereocenters. The van der Waals surface area contributed by atoms with E-state index in [-0.39, 0.29) is 30.1 Å². The number of nitrogens with zero attached hydrogens (tertiary/aromatic N) is 1. The van der Waals surface area contributed by atoms with Gasteiger partial charge in [-0.3, -0.25) is 5.32 Å². The fourth-order valence-corrected chi connectivity index (χ4v) is 7.58. The number of aliphatic carboxylic acids is 1. The Morgan fingerprint density at radius 2 is 1.88 bits per heavy atom. The van der Waals surface area contributed by atoms with Crippen molar-refractivity contribution < 1.29 is 34.4 Å². The summed E-state index contributed by atoms with van der Waals surface area (Å²) in [6, 6.07) is 5.41. The molecule has 40 heavy (non-hydrogen) atoms. The monoisotopic (exact) mass is 594 g/mol. The van der Waals surface area contributed by atoms with Crippen LogP contribution in [-0.4, -0.2) is 65.6 Å². The van der Waals surface area contributed by atoms with Crippen molar-refractivity contribution in [2.24, 2.45) is 5.92 Å². The number of thiophene rings is 1. The van der Waals surface area contributed by atoms with E-state index in [1.54, 1.807) is 6.07 Å². The third-order valence-electron chi connectivity index (χ3n) is 8.53. The van der Waals surface area contributed by atoms with Crippen LogP contribution in [0.5, 0.6) is 5.75 Å². The Morgan fingerprint density at radius 1 is 1.18 bits per heavy atom. The Bertz CT molecular complexity index is 1180. The molecule has 0 spiro atoms. The number of aliphatic hydroxyl groups is 2. The molecule has 1 heterocycles. The molecule has 2 aliphatic rings. The lowest BCUT2D eigenvalue weighted by Crippen LogP contribution is -2.42. The molecule has 0 bridgehead atoms. The van der Waals surface area contributed by atoms with Gasteiger partial charge in [-0.15, -0.1) is 11.3 Å². The van der Waals surface area contributed by atoms with Gasteiger partial charge in [0, 0.05) is 30.1 Å². The third kappa shape index (κ3) is 6.57. The average Bonchev–Trinajstić information content (AvgIpc) is 3.67. The van der Waals surface area contributed by atoms with Gasteiger partial charge in [0.1, 0.15) is 12.4 Å². The smallest absolute Gasteiger partial charge is 0.411 e. The van der Waals surface area contributed by atoms with Crippen molar-refractivity contribution in [3.63, 3.8) is 0 Å². The number of nitrogens with one attached hydrogen (secondary N) is 1. The minimum Gasteiger partial charge on any atom is -0.496 e. The number of methoxy groups -OCH3 is 1. The van der Waals surface area contributed by atoms with Crippen LogP contribution in [0.15, 0.2) is 23.6 Å². The molecule has 4 N–H and O–H groups in total. The first kappa shape index (κ1) is 30.6. The van der Waals surface area contributed by atoms with E-state index in [1.165, 1.54) is 24.5 Å². The number of ether oxygens (including phenoxy) is 2. The highest BCUT2D eigenvalue weighted by Crippen LogP contribution is 2.47. The number of carboxylic acid groups (broad SMARTS) is 1. The van der Waals surface area contributed by atoms with E-state index >= 15 is 0 Å². The molecule has 2 aromatic rings. The molecule has 4 rings (SSSR count). The maximum Gasteiger partial charge on any atom is 0.411 e. The number of rotatable bonds is 11. The second-order valence-corrected chi connectivity index (χ2v) is 12.1. The Hall–Kier alpha value is -2.37. The Balaban J connectivity index is 1.27. The highest BCUT2D eigenvalue weighted by molar-refractivity contribution is 7.10. The number of aliphatic hydroxyl groups excluding tert-OH is 1. The highest BCUT2D eigenvalue weighted by atomic mass is 35.5. The van der Waals surface area contributed by atoms with E-state index in [1.807, 2.05) is 18.5 Å². The Kier molecular flexibility index (Phi) is 10.3. The van der Waals surface area contributed by atoms with Crippen LogP contribution in [0.2, 0.25) is 5.02 Å². The van der Waals surface area contributed by atoms with Crippen LogP contribution in [-0.2, 0) is 21.7 Å². The van der Waals surface area contributed by atoms with Crippen molar-refractivity contribution in [1.29, 1.82) is 0 Å². The fourth-order valence-electron chi connectivity index (χ4n) is 6.19. The molecule has 1 atom stereocenters. The van der Waals surface area contributed by atoms with Gasteiger partial charge in [-0.25, -0.2) is 9.59 Å². The molecule has 0 saturated heterocycles. The number of anilines is 1. The lowest BCUT2D eigenvalue weighted by molar-refractivity contribution is -0.166. The molecule has 0 radical (unpaired) electrons. The fraction of sp³-hybridized carbons (Fsp3) is 0.586. The predicted molar refractivity (Wildman–Crippen MR) is 154 cm³/mol. The van der Waals surface area contributed by atoms with Crippen molar-refractivity contribution in [2.45, 2.75) is 75.5 Å². The average molecular weight is 595 g/mol. The standard InChI is InChI=1S/C29H39ClN2O7S/c1-32(12-13-39-28(36)31-24-16-25(38-2)19(17-33)15-23(24)30)21-9-7-18(8-10-21)22-11-14-40-26(22)29(37,27(34)35)20-5-3-4-6-20/h11,14-16,18,20-21,33,37H,3-10,12-13,17H2,1-2H3,(H,31,36)(H,34,35)/t18-,21-,29-/m1/s1. The van der Waals surface area contributed by atoms with Crippen LogP contribution in [0.1, 0.15) is 73.3 Å². The van der Waals surface area contributed by atoms with Gasteiger partial charge in [0.15, 0.2) is 5.60 Å². The van der Waals surface area contributed by atoms with Crippen molar-refractivity contribution in [1.82, 2.24) is 4.90 Å². The van der Waals surface area contributed by atoms with Gasteiger partial charge in [0.2, 0.25) is 0 Å². The molecule has 1 aromatic heterocycles. The van der Waals surface area contributed by atoms with E-state index < -0.39 is 17.7 Å². The maximum atomic E-state index is 12.3. The van der Waals surface area contributed by atoms with Gasteiger partial charge in [-0.2, -0.15) is 0 Å². The first-order chi connectivity index (χ1) is 19.2. The molecule has 9 nitrogen and oxygen atoms in total. The largest absolute Gasteiger partial charge is 0.496 e. The second-order valence-electron chi connectivity index (χ2n) is 10.8. The quantitative estimate of drug-likeness (QED) is 0.266. The lowest BCUT2D eigenvalue weighted by Gasteiger charge is -2.36. The lowest BCUT2D eigenvalue weighted by atomic mass is 9.76. The van der Waals surface area contributed by atoms with E-state index in [2.05, 4.69) is 10.2 Å². The van der Waals surface area contributed by atoms with E-state index in [4.69, 9.17) is 21.1 Å². The van der Waals surface area contributed by atoms with Gasteiger partial charge in [0.05, 0.1) is 29.3 Å². The summed E-state index contributed by atoms with van der Waals surface area (Å²) in [6.07, 6.45) is 6.47. The number of hydrogen-bond acceptors (Lipinski definition) is 8. The summed E-state index contributed by atoms with van der Waals surface area (Å²) >= 11 is 7.58. The maximum absolute atomic E-state index is 12.3. The van der Waals surface area contributed by atoms with Crippen LogP contribution < -0.4 is 10.1 Å². The number of halogens is 1. The zero-order valence-electron chi connectivity index (χ0n) is 23.0. The van der Waals surface area contributed by atoms with Crippen molar-refractivity contribution in [2.75, 3.05) is 32.6 Å². The number of amides is 1. The highest BCUT2D eigenvalue weighted by Gasteiger charge is 2.49. The summed E-state index contributed by atoms with van der Waals surface area (Å²) in [7, 11) is 3.49. The summed E-state index contributed by atoms with van der Waals surface area (Å²) in [5, 5.41) is 35.7. The number of carbonyl (C=O) groups is 2. The summed E-state index contributed by atoms with van der Waals surface area (Å²) < 4.78 is 10.6. The van der Waals surface area contributed by atoms with Crippen molar-refractivity contribution >= 4 is 40.7 Å². The van der Waals surface area contributed by atoms with Gasteiger partial charge in [0.25, 0.3) is 0 Å². The number of carboxylic acids is 1. The molecule has 220 valence electrons. The Morgan fingerprint density at radius 3 is 2.50 bits per heavy atom. The number of hydrogen-bond donors (Lipinski definition) is 4. The topological polar surface area (TPSA) is 129 Å². The van der Waals surface area contributed by atoms with E-state index in [0.29, 0.717) is 34.5 Å². The summed E-state index contributed by atoms with van der Waals surface area (Å²) in [4.78, 5) is 27.4. The second kappa shape index (κ2) is 13.5. The summed E-state index contributed by atoms with van der Waals surface area (Å²) in [5.41, 5.74) is 0.0411. The van der Waals surface area contributed by atoms with Crippen LogP contribution in [0.4, 0.5) is 10.5 Å².